The van der Waals surface area contributed by atoms with Crippen molar-refractivity contribution in [3.05, 3.63) is 34.9 Å². The summed E-state index contributed by atoms with van der Waals surface area (Å²) < 4.78 is 5.43. The van der Waals surface area contributed by atoms with Crippen LogP contribution in [-0.2, 0) is 16.1 Å². The predicted molar refractivity (Wildman–Crippen MR) is 83.3 cm³/mol. The van der Waals surface area contributed by atoms with Gasteiger partial charge in [0.2, 0.25) is 5.91 Å². The van der Waals surface area contributed by atoms with E-state index in [0.717, 1.165) is 5.56 Å². The number of nitrogens with zero attached hydrogens (tertiary/aromatic N) is 1. The largest absolute Gasteiger partial charge is 0.389 e. The van der Waals surface area contributed by atoms with E-state index in [1.807, 2.05) is 12.1 Å². The van der Waals surface area contributed by atoms with Crippen LogP contribution in [-0.4, -0.2) is 55.3 Å². The van der Waals surface area contributed by atoms with Crippen molar-refractivity contribution in [3.8, 4) is 0 Å². The quantitative estimate of drug-likeness (QED) is 0.759. The highest BCUT2D eigenvalue weighted by Crippen LogP contribution is 2.10. The molecule has 1 aromatic rings. The van der Waals surface area contributed by atoms with Gasteiger partial charge in [-0.2, -0.15) is 0 Å². The number of hydrogen-bond acceptors (Lipinski definition) is 4. The molecule has 21 heavy (non-hydrogen) atoms. The second kappa shape index (κ2) is 9.00. The number of carbonyl (C=O) groups excluding carboxylic acids is 1. The molecule has 0 radical (unpaired) electrons. The van der Waals surface area contributed by atoms with E-state index < -0.39 is 6.10 Å². The first-order chi connectivity index (χ1) is 9.90. The van der Waals surface area contributed by atoms with E-state index in [9.17, 15) is 9.90 Å². The van der Waals surface area contributed by atoms with Gasteiger partial charge in [-0.15, -0.1) is 0 Å². The Balaban J connectivity index is 2.20. The molecule has 118 valence electrons. The van der Waals surface area contributed by atoms with Crippen LogP contribution in [0.2, 0.25) is 5.02 Å². The summed E-state index contributed by atoms with van der Waals surface area (Å²) in [6.45, 7) is 2.70. The van der Waals surface area contributed by atoms with Crippen LogP contribution in [0, 0.1) is 0 Å². The van der Waals surface area contributed by atoms with Crippen LogP contribution in [0.15, 0.2) is 24.3 Å². The van der Waals surface area contributed by atoms with Crippen molar-refractivity contribution in [1.29, 1.82) is 0 Å². The fourth-order valence-electron chi connectivity index (χ4n) is 1.74. The number of ether oxygens (including phenoxy) is 1. The fraction of sp³-hybridized carbons (Fsp3) is 0.533. The lowest BCUT2D eigenvalue weighted by Gasteiger charge is -2.19. The van der Waals surface area contributed by atoms with Crippen LogP contribution in [0.1, 0.15) is 12.5 Å². The highest BCUT2D eigenvalue weighted by molar-refractivity contribution is 6.30. The molecule has 0 fully saturated rings. The lowest BCUT2D eigenvalue weighted by atomic mass is 10.2. The van der Waals surface area contributed by atoms with Crippen molar-refractivity contribution >= 4 is 17.5 Å². The standard InChI is InChI=1S/C15H23ClN2O3/c1-11(15(20)18(2)3)17-8-14(19)10-21-9-12-4-6-13(16)7-5-12/h4-7,11,14,17,19H,8-10H2,1-3H3. The Kier molecular flexibility index (Phi) is 7.67. The number of hydrogen-bond donors (Lipinski definition) is 2. The SMILES string of the molecule is CC(NCC(O)COCc1ccc(Cl)cc1)C(=O)N(C)C. The van der Waals surface area contributed by atoms with E-state index in [2.05, 4.69) is 5.32 Å². The van der Waals surface area contributed by atoms with E-state index in [1.165, 1.54) is 4.90 Å². The Bertz CT molecular complexity index is 437. The van der Waals surface area contributed by atoms with Gasteiger partial charge in [-0.3, -0.25) is 4.79 Å². The highest BCUT2D eigenvalue weighted by Gasteiger charge is 2.15. The molecule has 0 saturated carbocycles. The Morgan fingerprint density at radius 3 is 2.57 bits per heavy atom. The summed E-state index contributed by atoms with van der Waals surface area (Å²) in [6, 6.07) is 7.03. The topological polar surface area (TPSA) is 61.8 Å². The number of aliphatic hydroxyl groups is 1. The number of likely N-dealkylation sites (N-methyl/N-ethyl adjacent to an activating group) is 1. The van der Waals surface area contributed by atoms with Crippen LogP contribution in [0.3, 0.4) is 0 Å². The fourth-order valence-corrected chi connectivity index (χ4v) is 1.87. The normalized spacial score (nSPS) is 13.8. The van der Waals surface area contributed by atoms with Crippen LogP contribution in [0.4, 0.5) is 0 Å². The molecule has 0 aliphatic rings. The minimum absolute atomic E-state index is 0.0238. The van der Waals surface area contributed by atoms with E-state index in [1.54, 1.807) is 33.2 Å². The second-order valence-corrected chi connectivity index (χ2v) is 5.59. The van der Waals surface area contributed by atoms with Gasteiger partial charge >= 0.3 is 0 Å². The molecule has 1 rings (SSSR count). The van der Waals surface area contributed by atoms with Gasteiger partial charge in [-0.05, 0) is 24.6 Å². The minimum atomic E-state index is -0.658. The molecule has 2 atom stereocenters. The molecule has 0 aliphatic carbocycles. The summed E-state index contributed by atoms with van der Waals surface area (Å²) in [7, 11) is 3.40. The van der Waals surface area contributed by atoms with Crippen molar-refractivity contribution in [1.82, 2.24) is 10.2 Å². The average Bonchev–Trinajstić information content (AvgIpc) is 2.46. The third-order valence-electron chi connectivity index (χ3n) is 2.96. The van der Waals surface area contributed by atoms with E-state index >= 15 is 0 Å². The molecular weight excluding hydrogens is 292 g/mol. The molecule has 0 saturated heterocycles. The maximum absolute atomic E-state index is 11.6. The van der Waals surface area contributed by atoms with Gasteiger partial charge in [0.05, 0.1) is 25.4 Å². The monoisotopic (exact) mass is 314 g/mol. The van der Waals surface area contributed by atoms with Gasteiger partial charge in [0.25, 0.3) is 0 Å². The lowest BCUT2D eigenvalue weighted by Crippen LogP contribution is -2.44. The zero-order valence-electron chi connectivity index (χ0n) is 12.7. The summed E-state index contributed by atoms with van der Waals surface area (Å²) in [5.41, 5.74) is 0.996. The zero-order valence-corrected chi connectivity index (χ0v) is 13.4. The molecule has 0 spiro atoms. The van der Waals surface area contributed by atoms with Crippen LogP contribution >= 0.6 is 11.6 Å². The Labute approximate surface area is 130 Å². The van der Waals surface area contributed by atoms with Gasteiger partial charge in [0, 0.05) is 25.7 Å². The molecule has 2 N–H and O–H groups in total. The van der Waals surface area contributed by atoms with Crippen LogP contribution < -0.4 is 5.32 Å². The molecular formula is C15H23ClN2O3. The lowest BCUT2D eigenvalue weighted by molar-refractivity contribution is -0.130. The molecule has 0 bridgehead atoms. The summed E-state index contributed by atoms with van der Waals surface area (Å²) in [4.78, 5) is 13.1. The minimum Gasteiger partial charge on any atom is -0.389 e. The molecule has 2 unspecified atom stereocenters. The predicted octanol–water partition coefficient (Wildman–Crippen LogP) is 1.28. The molecule has 1 amide bonds. The zero-order chi connectivity index (χ0) is 15.8. The van der Waals surface area contributed by atoms with Gasteiger partial charge in [-0.1, -0.05) is 23.7 Å². The first-order valence-corrected chi connectivity index (χ1v) is 7.22. The van der Waals surface area contributed by atoms with Crippen molar-refractivity contribution in [2.45, 2.75) is 25.7 Å². The van der Waals surface area contributed by atoms with E-state index in [0.29, 0.717) is 18.2 Å². The number of rotatable bonds is 8. The molecule has 5 nitrogen and oxygen atoms in total. The summed E-state index contributed by atoms with van der Waals surface area (Å²) >= 11 is 5.79. The number of benzene rings is 1. The molecule has 0 heterocycles. The first kappa shape index (κ1) is 17.9. The molecule has 6 heteroatoms. The molecule has 0 aliphatic heterocycles. The number of halogens is 1. The van der Waals surface area contributed by atoms with Crippen molar-refractivity contribution in [3.63, 3.8) is 0 Å². The third-order valence-corrected chi connectivity index (χ3v) is 3.22. The number of amides is 1. The van der Waals surface area contributed by atoms with Crippen molar-refractivity contribution in [2.24, 2.45) is 0 Å². The maximum Gasteiger partial charge on any atom is 0.238 e. The maximum atomic E-state index is 11.6. The van der Waals surface area contributed by atoms with Gasteiger partial charge < -0.3 is 20.1 Å². The molecule has 0 aromatic heterocycles. The summed E-state index contributed by atoms with van der Waals surface area (Å²) in [6.07, 6.45) is -0.658. The van der Waals surface area contributed by atoms with Crippen molar-refractivity contribution in [2.75, 3.05) is 27.2 Å². The van der Waals surface area contributed by atoms with Gasteiger partial charge in [0.1, 0.15) is 0 Å². The number of carbonyl (C=O) groups is 1. The van der Waals surface area contributed by atoms with E-state index in [-0.39, 0.29) is 18.6 Å². The van der Waals surface area contributed by atoms with Gasteiger partial charge in [-0.25, -0.2) is 0 Å². The number of aliphatic hydroxyl groups excluding tert-OH is 1. The smallest absolute Gasteiger partial charge is 0.238 e. The Hall–Kier alpha value is -1.14. The summed E-state index contributed by atoms with van der Waals surface area (Å²) in [5, 5.41) is 13.5. The average molecular weight is 315 g/mol. The van der Waals surface area contributed by atoms with Crippen LogP contribution in [0.5, 0.6) is 0 Å². The van der Waals surface area contributed by atoms with Crippen molar-refractivity contribution < 1.29 is 14.6 Å². The number of nitrogens with one attached hydrogen (secondary N) is 1. The third kappa shape index (κ3) is 6.91. The van der Waals surface area contributed by atoms with Crippen LogP contribution in [0.25, 0.3) is 0 Å². The Morgan fingerprint density at radius 1 is 1.38 bits per heavy atom. The van der Waals surface area contributed by atoms with E-state index in [4.69, 9.17) is 16.3 Å². The van der Waals surface area contributed by atoms with Gasteiger partial charge in [0.15, 0.2) is 0 Å². The molecule has 1 aromatic carbocycles. The Morgan fingerprint density at radius 2 is 2.00 bits per heavy atom. The second-order valence-electron chi connectivity index (χ2n) is 5.16. The summed E-state index contributed by atoms with van der Waals surface area (Å²) in [5.74, 6) is -0.0238. The first-order valence-electron chi connectivity index (χ1n) is 6.85. The highest BCUT2D eigenvalue weighted by atomic mass is 35.5.